The molecule has 0 saturated heterocycles. The lowest BCUT2D eigenvalue weighted by atomic mass is 9.51. The number of halogens is 1. The molecule has 0 heterocycles. The van der Waals surface area contributed by atoms with Gasteiger partial charge in [-0.1, -0.05) is 15.9 Å². The molecule has 0 aromatic heterocycles. The highest BCUT2D eigenvalue weighted by Gasteiger charge is 2.47. The van der Waals surface area contributed by atoms with E-state index in [-0.39, 0.29) is 0 Å². The molecule has 0 spiro atoms. The predicted octanol–water partition coefficient (Wildman–Crippen LogP) is 4.23. The molecule has 4 fully saturated rings. The Labute approximate surface area is 96.0 Å². The van der Waals surface area contributed by atoms with Crippen molar-refractivity contribution in [1.82, 2.24) is 0 Å². The third-order valence-corrected chi connectivity index (χ3v) is 5.65. The fraction of sp³-hybridized carbons (Fsp3) is 1.00. The summed E-state index contributed by atoms with van der Waals surface area (Å²) in [5, 5.41) is 1.22. The highest BCUT2D eigenvalue weighted by molar-refractivity contribution is 9.09. The molecule has 0 unspecified atom stereocenters. The predicted molar refractivity (Wildman–Crippen MR) is 63.6 cm³/mol. The molecule has 0 aliphatic heterocycles. The Morgan fingerprint density at radius 1 is 0.857 bits per heavy atom. The van der Waals surface area contributed by atoms with Gasteiger partial charge in [0, 0.05) is 5.33 Å². The zero-order chi connectivity index (χ0) is 9.54. The summed E-state index contributed by atoms with van der Waals surface area (Å²) in [6, 6.07) is 0. The summed E-state index contributed by atoms with van der Waals surface area (Å²) in [5.74, 6) is 5.71. The first-order valence-corrected chi connectivity index (χ1v) is 7.55. The molecule has 0 atom stereocenters. The van der Waals surface area contributed by atoms with Crippen molar-refractivity contribution in [3.8, 4) is 0 Å². The first kappa shape index (κ1) is 9.69. The summed E-state index contributed by atoms with van der Waals surface area (Å²) in [7, 11) is 0. The van der Waals surface area contributed by atoms with Gasteiger partial charge in [-0.25, -0.2) is 0 Å². The lowest BCUT2D eigenvalue weighted by Crippen LogP contribution is -2.44. The SMILES string of the molecule is BrCCCC1C2CC3CC(C2)CC1C3. The van der Waals surface area contributed by atoms with E-state index in [2.05, 4.69) is 15.9 Å². The lowest BCUT2D eigenvalue weighted by Gasteiger charge is -2.54. The second kappa shape index (κ2) is 3.81. The maximum atomic E-state index is 3.58. The van der Waals surface area contributed by atoms with Gasteiger partial charge in [0.25, 0.3) is 0 Å². The van der Waals surface area contributed by atoms with Gasteiger partial charge in [-0.15, -0.1) is 0 Å². The van der Waals surface area contributed by atoms with Gasteiger partial charge in [0.15, 0.2) is 0 Å². The molecule has 4 aliphatic carbocycles. The quantitative estimate of drug-likeness (QED) is 0.663. The van der Waals surface area contributed by atoms with E-state index in [9.17, 15) is 0 Å². The Morgan fingerprint density at radius 2 is 1.43 bits per heavy atom. The minimum absolute atomic E-state index is 1.13. The number of rotatable bonds is 3. The molecule has 0 aromatic rings. The van der Waals surface area contributed by atoms with E-state index in [0.717, 1.165) is 29.6 Å². The van der Waals surface area contributed by atoms with Gasteiger partial charge in [-0.05, 0) is 74.5 Å². The van der Waals surface area contributed by atoms with E-state index in [1.165, 1.54) is 18.2 Å². The number of hydrogen-bond acceptors (Lipinski definition) is 0. The van der Waals surface area contributed by atoms with Gasteiger partial charge in [0.05, 0.1) is 0 Å². The third-order valence-electron chi connectivity index (χ3n) is 5.09. The highest BCUT2D eigenvalue weighted by Crippen LogP contribution is 2.57. The molecule has 4 saturated carbocycles. The minimum Gasteiger partial charge on any atom is -0.0928 e. The van der Waals surface area contributed by atoms with Crippen LogP contribution in [0.2, 0.25) is 0 Å². The summed E-state index contributed by atoms with van der Waals surface area (Å²) in [5.41, 5.74) is 0. The second-order valence-corrected chi connectivity index (χ2v) is 6.72. The van der Waals surface area contributed by atoms with Crippen LogP contribution in [0.15, 0.2) is 0 Å². The largest absolute Gasteiger partial charge is 0.0928 e. The van der Waals surface area contributed by atoms with Crippen LogP contribution in [-0.4, -0.2) is 5.33 Å². The van der Waals surface area contributed by atoms with E-state index >= 15 is 0 Å². The summed E-state index contributed by atoms with van der Waals surface area (Å²) >= 11 is 3.58. The Balaban J connectivity index is 1.69. The highest BCUT2D eigenvalue weighted by atomic mass is 79.9. The molecule has 4 aliphatic rings. The van der Waals surface area contributed by atoms with Gasteiger partial charge >= 0.3 is 0 Å². The zero-order valence-electron chi connectivity index (χ0n) is 8.92. The van der Waals surface area contributed by atoms with Crippen molar-refractivity contribution in [3.63, 3.8) is 0 Å². The molecule has 80 valence electrons. The van der Waals surface area contributed by atoms with E-state index in [1.54, 1.807) is 32.1 Å². The van der Waals surface area contributed by atoms with E-state index in [0.29, 0.717) is 0 Å². The zero-order valence-corrected chi connectivity index (χ0v) is 10.5. The standard InChI is InChI=1S/C13H21Br/c14-3-1-2-13-11-5-9-4-10(7-11)8-12(13)6-9/h9-13H,1-8H2. The average molecular weight is 257 g/mol. The monoisotopic (exact) mass is 256 g/mol. The van der Waals surface area contributed by atoms with Crippen LogP contribution in [0, 0.1) is 29.6 Å². The van der Waals surface area contributed by atoms with Crippen molar-refractivity contribution in [3.05, 3.63) is 0 Å². The van der Waals surface area contributed by atoms with Crippen molar-refractivity contribution < 1.29 is 0 Å². The van der Waals surface area contributed by atoms with Gasteiger partial charge in [0.2, 0.25) is 0 Å². The molecule has 0 amide bonds. The molecule has 0 nitrogen and oxygen atoms in total. The molecular weight excluding hydrogens is 236 g/mol. The minimum atomic E-state index is 1.13. The van der Waals surface area contributed by atoms with E-state index in [1.807, 2.05) is 0 Å². The Bertz CT molecular complexity index is 183. The molecule has 4 rings (SSSR count). The summed E-state index contributed by atoms with van der Waals surface area (Å²) in [6.45, 7) is 0. The Morgan fingerprint density at radius 3 is 1.93 bits per heavy atom. The topological polar surface area (TPSA) is 0 Å². The number of hydrogen-bond donors (Lipinski definition) is 0. The van der Waals surface area contributed by atoms with Crippen molar-refractivity contribution >= 4 is 15.9 Å². The molecule has 1 heteroatoms. The molecule has 0 N–H and O–H groups in total. The third kappa shape index (κ3) is 1.56. The maximum absolute atomic E-state index is 3.58. The van der Waals surface area contributed by atoms with Gasteiger partial charge < -0.3 is 0 Å². The van der Waals surface area contributed by atoms with Crippen LogP contribution in [-0.2, 0) is 0 Å². The van der Waals surface area contributed by atoms with Gasteiger partial charge in [0.1, 0.15) is 0 Å². The lowest BCUT2D eigenvalue weighted by molar-refractivity contribution is -0.0396. The van der Waals surface area contributed by atoms with Gasteiger partial charge in [-0.2, -0.15) is 0 Å². The Kier molecular flexibility index (Phi) is 2.64. The smallest absolute Gasteiger partial charge is 0.00314 e. The van der Waals surface area contributed by atoms with Crippen molar-refractivity contribution in [2.75, 3.05) is 5.33 Å². The summed E-state index contributed by atoms with van der Waals surface area (Å²) in [6.07, 6.45) is 10.9. The molecule has 0 aromatic carbocycles. The van der Waals surface area contributed by atoms with Crippen LogP contribution < -0.4 is 0 Å². The second-order valence-electron chi connectivity index (χ2n) is 5.93. The number of alkyl halides is 1. The summed E-state index contributed by atoms with van der Waals surface area (Å²) < 4.78 is 0. The van der Waals surface area contributed by atoms with Crippen LogP contribution >= 0.6 is 15.9 Å². The van der Waals surface area contributed by atoms with Crippen molar-refractivity contribution in [2.45, 2.75) is 44.9 Å². The first-order valence-electron chi connectivity index (χ1n) is 6.42. The maximum Gasteiger partial charge on any atom is 0.00314 e. The molecule has 0 radical (unpaired) electrons. The van der Waals surface area contributed by atoms with E-state index < -0.39 is 0 Å². The first-order chi connectivity index (χ1) is 6.86. The van der Waals surface area contributed by atoms with Crippen LogP contribution in [0.1, 0.15) is 44.9 Å². The van der Waals surface area contributed by atoms with Crippen LogP contribution in [0.25, 0.3) is 0 Å². The fourth-order valence-corrected chi connectivity index (χ4v) is 5.15. The fourth-order valence-electron chi connectivity index (χ4n) is 4.82. The van der Waals surface area contributed by atoms with Crippen molar-refractivity contribution in [1.29, 1.82) is 0 Å². The summed E-state index contributed by atoms with van der Waals surface area (Å²) in [4.78, 5) is 0. The van der Waals surface area contributed by atoms with Crippen LogP contribution in [0.5, 0.6) is 0 Å². The van der Waals surface area contributed by atoms with Crippen LogP contribution in [0.3, 0.4) is 0 Å². The molecule has 14 heavy (non-hydrogen) atoms. The van der Waals surface area contributed by atoms with Crippen LogP contribution in [0.4, 0.5) is 0 Å². The van der Waals surface area contributed by atoms with Crippen molar-refractivity contribution in [2.24, 2.45) is 29.6 Å². The molecule has 4 bridgehead atoms. The van der Waals surface area contributed by atoms with E-state index in [4.69, 9.17) is 0 Å². The van der Waals surface area contributed by atoms with Gasteiger partial charge in [-0.3, -0.25) is 0 Å². The normalized spacial score (nSPS) is 49.9. The average Bonchev–Trinajstić information content (AvgIpc) is 2.15. The Hall–Kier alpha value is 0.480. The molecular formula is C13H21Br.